The van der Waals surface area contributed by atoms with E-state index in [-0.39, 0.29) is 0 Å². The fourth-order valence-electron chi connectivity index (χ4n) is 1.82. The highest BCUT2D eigenvalue weighted by molar-refractivity contribution is 9.10. The highest BCUT2D eigenvalue weighted by atomic mass is 79.9. The standard InChI is InChI=1S/C14H11BrN4O/c15-12-5-11(7-17-8-12)13-18-14(20-19-13)10-3-1-2-9(4-10)6-16/h1-5,7-8H,6,16H2. The first-order valence-corrected chi connectivity index (χ1v) is 6.79. The number of rotatable bonds is 3. The van der Waals surface area contributed by atoms with Gasteiger partial charge in [0.15, 0.2) is 0 Å². The van der Waals surface area contributed by atoms with Crippen molar-refractivity contribution in [2.45, 2.75) is 6.54 Å². The lowest BCUT2D eigenvalue weighted by Crippen LogP contribution is -1.95. The van der Waals surface area contributed by atoms with Gasteiger partial charge in [-0.3, -0.25) is 4.98 Å². The maximum Gasteiger partial charge on any atom is 0.258 e. The summed E-state index contributed by atoms with van der Waals surface area (Å²) in [6.07, 6.45) is 3.39. The number of hydrogen-bond acceptors (Lipinski definition) is 5. The van der Waals surface area contributed by atoms with Crippen molar-refractivity contribution in [3.63, 3.8) is 0 Å². The van der Waals surface area contributed by atoms with Crippen LogP contribution in [0, 0.1) is 0 Å². The molecule has 3 aromatic rings. The molecular weight excluding hydrogens is 320 g/mol. The Bertz CT molecular complexity index is 741. The summed E-state index contributed by atoms with van der Waals surface area (Å²) in [5.41, 5.74) is 8.30. The van der Waals surface area contributed by atoms with Crippen LogP contribution in [0.1, 0.15) is 5.56 Å². The van der Waals surface area contributed by atoms with Crippen LogP contribution in [0.5, 0.6) is 0 Å². The minimum Gasteiger partial charge on any atom is -0.334 e. The predicted octanol–water partition coefficient (Wildman–Crippen LogP) is 3.02. The molecule has 0 aliphatic rings. The minimum absolute atomic E-state index is 0.468. The van der Waals surface area contributed by atoms with Crippen molar-refractivity contribution in [3.8, 4) is 22.8 Å². The Morgan fingerprint density at radius 3 is 2.85 bits per heavy atom. The molecule has 6 heteroatoms. The van der Waals surface area contributed by atoms with Gasteiger partial charge in [0.1, 0.15) is 0 Å². The monoisotopic (exact) mass is 330 g/mol. The Labute approximate surface area is 124 Å². The van der Waals surface area contributed by atoms with Gasteiger partial charge in [0.25, 0.3) is 5.89 Å². The van der Waals surface area contributed by atoms with E-state index in [4.69, 9.17) is 10.3 Å². The number of halogens is 1. The van der Waals surface area contributed by atoms with Gasteiger partial charge in [-0.2, -0.15) is 4.98 Å². The fraction of sp³-hybridized carbons (Fsp3) is 0.0714. The van der Waals surface area contributed by atoms with Crippen LogP contribution in [0.4, 0.5) is 0 Å². The van der Waals surface area contributed by atoms with E-state index in [9.17, 15) is 0 Å². The van der Waals surface area contributed by atoms with E-state index in [0.717, 1.165) is 21.2 Å². The SMILES string of the molecule is NCc1cccc(-c2nc(-c3cncc(Br)c3)no2)c1. The molecular formula is C14H11BrN4O. The van der Waals surface area contributed by atoms with E-state index < -0.39 is 0 Å². The van der Waals surface area contributed by atoms with Crippen LogP contribution in [0.2, 0.25) is 0 Å². The number of aromatic nitrogens is 3. The molecule has 2 aromatic heterocycles. The molecule has 2 N–H and O–H groups in total. The van der Waals surface area contributed by atoms with Gasteiger partial charge in [-0.1, -0.05) is 17.3 Å². The molecule has 20 heavy (non-hydrogen) atoms. The zero-order valence-electron chi connectivity index (χ0n) is 10.5. The molecule has 100 valence electrons. The summed E-state index contributed by atoms with van der Waals surface area (Å²) >= 11 is 3.37. The Morgan fingerprint density at radius 1 is 1.15 bits per heavy atom. The molecule has 5 nitrogen and oxygen atoms in total. The first kappa shape index (κ1) is 13.0. The largest absolute Gasteiger partial charge is 0.334 e. The number of hydrogen-bond donors (Lipinski definition) is 1. The molecule has 0 amide bonds. The molecule has 0 unspecified atom stereocenters. The van der Waals surface area contributed by atoms with Gasteiger partial charge in [0.05, 0.1) is 0 Å². The van der Waals surface area contributed by atoms with Gasteiger partial charge in [0, 0.05) is 34.5 Å². The summed E-state index contributed by atoms with van der Waals surface area (Å²) in [4.78, 5) is 8.47. The minimum atomic E-state index is 0.468. The first-order chi connectivity index (χ1) is 9.76. The maximum absolute atomic E-state index is 5.63. The average molecular weight is 331 g/mol. The van der Waals surface area contributed by atoms with E-state index in [1.807, 2.05) is 30.3 Å². The molecule has 0 saturated heterocycles. The van der Waals surface area contributed by atoms with Gasteiger partial charge in [0.2, 0.25) is 5.82 Å². The van der Waals surface area contributed by atoms with E-state index >= 15 is 0 Å². The van der Waals surface area contributed by atoms with E-state index in [1.54, 1.807) is 12.4 Å². The zero-order valence-corrected chi connectivity index (χ0v) is 12.0. The van der Waals surface area contributed by atoms with Crippen molar-refractivity contribution in [1.29, 1.82) is 0 Å². The van der Waals surface area contributed by atoms with Crippen LogP contribution in [0.3, 0.4) is 0 Å². The molecule has 0 bridgehead atoms. The number of benzene rings is 1. The van der Waals surface area contributed by atoms with Crippen LogP contribution >= 0.6 is 15.9 Å². The molecule has 3 rings (SSSR count). The summed E-state index contributed by atoms with van der Waals surface area (Å²) in [5, 5.41) is 3.98. The lowest BCUT2D eigenvalue weighted by atomic mass is 10.1. The van der Waals surface area contributed by atoms with Gasteiger partial charge in [-0.25, -0.2) is 0 Å². The Kier molecular flexibility index (Phi) is 3.58. The molecule has 2 heterocycles. The Morgan fingerprint density at radius 2 is 2.05 bits per heavy atom. The van der Waals surface area contributed by atoms with Crippen molar-refractivity contribution in [3.05, 3.63) is 52.8 Å². The molecule has 0 radical (unpaired) electrons. The number of pyridine rings is 1. The second-order valence-corrected chi connectivity index (χ2v) is 5.14. The number of nitrogens with two attached hydrogens (primary N) is 1. The van der Waals surface area contributed by atoms with Crippen molar-refractivity contribution < 1.29 is 4.52 Å². The van der Waals surface area contributed by atoms with Crippen molar-refractivity contribution in [1.82, 2.24) is 15.1 Å². The summed E-state index contributed by atoms with van der Waals surface area (Å²) < 4.78 is 6.17. The third kappa shape index (κ3) is 2.61. The fourth-order valence-corrected chi connectivity index (χ4v) is 2.19. The highest BCUT2D eigenvalue weighted by Crippen LogP contribution is 2.23. The van der Waals surface area contributed by atoms with Crippen LogP contribution < -0.4 is 5.73 Å². The average Bonchev–Trinajstić information content (AvgIpc) is 2.97. The topological polar surface area (TPSA) is 77.8 Å². The molecule has 0 saturated carbocycles. The Hall–Kier alpha value is -2.05. The van der Waals surface area contributed by atoms with Crippen LogP contribution in [0.25, 0.3) is 22.8 Å². The Balaban J connectivity index is 1.97. The van der Waals surface area contributed by atoms with Crippen molar-refractivity contribution in [2.24, 2.45) is 5.73 Å². The normalized spacial score (nSPS) is 10.7. The molecule has 0 aliphatic carbocycles. The zero-order chi connectivity index (χ0) is 13.9. The summed E-state index contributed by atoms with van der Waals surface area (Å²) in [5.74, 6) is 0.974. The molecule has 1 aromatic carbocycles. The summed E-state index contributed by atoms with van der Waals surface area (Å²) in [7, 11) is 0. The maximum atomic E-state index is 5.63. The van der Waals surface area contributed by atoms with Gasteiger partial charge < -0.3 is 10.3 Å². The summed E-state index contributed by atoms with van der Waals surface area (Å²) in [6, 6.07) is 9.62. The smallest absolute Gasteiger partial charge is 0.258 e. The molecule has 0 spiro atoms. The molecule has 0 fully saturated rings. The second-order valence-electron chi connectivity index (χ2n) is 4.22. The van der Waals surface area contributed by atoms with Crippen LogP contribution in [-0.4, -0.2) is 15.1 Å². The van der Waals surface area contributed by atoms with E-state index in [2.05, 4.69) is 31.1 Å². The predicted molar refractivity (Wildman–Crippen MR) is 78.6 cm³/mol. The number of nitrogens with zero attached hydrogens (tertiary/aromatic N) is 3. The van der Waals surface area contributed by atoms with Gasteiger partial charge in [-0.05, 0) is 39.7 Å². The van der Waals surface area contributed by atoms with Gasteiger partial charge in [-0.15, -0.1) is 0 Å². The summed E-state index contributed by atoms with van der Waals surface area (Å²) in [6.45, 7) is 0.477. The van der Waals surface area contributed by atoms with Crippen molar-refractivity contribution >= 4 is 15.9 Å². The molecule has 0 aliphatic heterocycles. The van der Waals surface area contributed by atoms with Crippen LogP contribution in [0.15, 0.2) is 51.7 Å². The third-order valence-corrected chi connectivity index (χ3v) is 3.23. The second kappa shape index (κ2) is 5.52. The highest BCUT2D eigenvalue weighted by Gasteiger charge is 2.11. The van der Waals surface area contributed by atoms with E-state index in [0.29, 0.717) is 18.3 Å². The first-order valence-electron chi connectivity index (χ1n) is 6.00. The quantitative estimate of drug-likeness (QED) is 0.798. The van der Waals surface area contributed by atoms with Gasteiger partial charge >= 0.3 is 0 Å². The lowest BCUT2D eigenvalue weighted by Gasteiger charge is -1.98. The van der Waals surface area contributed by atoms with E-state index in [1.165, 1.54) is 0 Å². The van der Waals surface area contributed by atoms with Crippen molar-refractivity contribution in [2.75, 3.05) is 0 Å². The lowest BCUT2D eigenvalue weighted by molar-refractivity contribution is 0.432. The van der Waals surface area contributed by atoms with Crippen LogP contribution in [-0.2, 0) is 6.54 Å². The molecule has 0 atom stereocenters. The third-order valence-electron chi connectivity index (χ3n) is 2.80.